The number of H-pyrrole nitrogens is 1. The number of pyridine rings is 2. The highest BCUT2D eigenvalue weighted by Gasteiger charge is 2.20. The molecule has 8 nitrogen and oxygen atoms in total. The van der Waals surface area contributed by atoms with Gasteiger partial charge in [0.25, 0.3) is 5.91 Å². The van der Waals surface area contributed by atoms with Crippen molar-refractivity contribution in [1.82, 2.24) is 20.2 Å². The van der Waals surface area contributed by atoms with E-state index in [-0.39, 0.29) is 5.91 Å². The smallest absolute Gasteiger partial charge is 0.276 e. The minimum atomic E-state index is -0.282. The summed E-state index contributed by atoms with van der Waals surface area (Å²) in [7, 11) is 1.76. The molecule has 8 heteroatoms. The minimum Gasteiger partial charge on any atom is -0.381 e. The Morgan fingerprint density at radius 3 is 2.72 bits per heavy atom. The predicted molar refractivity (Wildman–Crippen MR) is 124 cm³/mol. The topological polar surface area (TPSA) is 96.0 Å². The standard InChI is InChI=1S/C24H24N6O2/c1-32-19-8-11-30(12-9-19)22-7-5-18(15-26-22)27-24(31)23-20-13-16(4-6-21(20)28-29-23)17-3-2-10-25-14-17/h2-7,10,13-15,19H,8-9,11-12H2,1H3,(H,27,31)(H,28,29). The molecule has 0 unspecified atom stereocenters. The molecule has 162 valence electrons. The maximum atomic E-state index is 12.9. The molecule has 0 bridgehead atoms. The second-order valence-electron chi connectivity index (χ2n) is 7.86. The van der Waals surface area contributed by atoms with Gasteiger partial charge < -0.3 is 15.0 Å². The van der Waals surface area contributed by atoms with Gasteiger partial charge in [0.05, 0.1) is 23.5 Å². The molecule has 0 atom stereocenters. The van der Waals surface area contributed by atoms with E-state index in [0.29, 0.717) is 17.5 Å². The third-order valence-corrected chi connectivity index (χ3v) is 5.88. The number of carbonyl (C=O) groups excluding carboxylic acids is 1. The molecule has 0 saturated carbocycles. The Morgan fingerprint density at radius 2 is 2.00 bits per heavy atom. The number of benzene rings is 1. The third-order valence-electron chi connectivity index (χ3n) is 5.88. The van der Waals surface area contributed by atoms with Gasteiger partial charge in [0.2, 0.25) is 0 Å². The lowest BCUT2D eigenvalue weighted by Gasteiger charge is -2.32. The van der Waals surface area contributed by atoms with Crippen LogP contribution in [0.2, 0.25) is 0 Å². The number of ether oxygens (including phenoxy) is 1. The summed E-state index contributed by atoms with van der Waals surface area (Å²) in [6.07, 6.45) is 7.53. The normalized spacial score (nSPS) is 14.6. The number of hydrogen-bond donors (Lipinski definition) is 2. The number of rotatable bonds is 5. The maximum absolute atomic E-state index is 12.9. The van der Waals surface area contributed by atoms with E-state index in [1.807, 2.05) is 42.5 Å². The van der Waals surface area contributed by atoms with E-state index < -0.39 is 0 Å². The van der Waals surface area contributed by atoms with E-state index in [1.54, 1.807) is 25.7 Å². The molecule has 0 aliphatic carbocycles. The van der Waals surface area contributed by atoms with Gasteiger partial charge in [-0.1, -0.05) is 12.1 Å². The van der Waals surface area contributed by atoms with Gasteiger partial charge in [-0.2, -0.15) is 5.10 Å². The molecule has 1 amide bonds. The molecule has 3 aromatic heterocycles. The fraction of sp³-hybridized carbons (Fsp3) is 0.250. The van der Waals surface area contributed by atoms with Crippen LogP contribution in [0.1, 0.15) is 23.3 Å². The Morgan fingerprint density at radius 1 is 1.12 bits per heavy atom. The van der Waals surface area contributed by atoms with Gasteiger partial charge in [0.15, 0.2) is 5.69 Å². The molecule has 4 heterocycles. The zero-order valence-corrected chi connectivity index (χ0v) is 17.8. The second-order valence-corrected chi connectivity index (χ2v) is 7.86. The average Bonchev–Trinajstić information content (AvgIpc) is 3.29. The summed E-state index contributed by atoms with van der Waals surface area (Å²) in [5.41, 5.74) is 3.73. The van der Waals surface area contributed by atoms with Gasteiger partial charge in [-0.25, -0.2) is 4.98 Å². The fourth-order valence-electron chi connectivity index (χ4n) is 4.06. The van der Waals surface area contributed by atoms with Crippen LogP contribution < -0.4 is 10.2 Å². The van der Waals surface area contributed by atoms with Gasteiger partial charge in [0, 0.05) is 43.5 Å². The van der Waals surface area contributed by atoms with Crippen molar-refractivity contribution in [3.05, 3.63) is 66.7 Å². The van der Waals surface area contributed by atoms with Gasteiger partial charge >= 0.3 is 0 Å². The summed E-state index contributed by atoms with van der Waals surface area (Å²) in [6.45, 7) is 1.82. The van der Waals surface area contributed by atoms with E-state index in [1.165, 1.54) is 0 Å². The zero-order chi connectivity index (χ0) is 21.9. The lowest BCUT2D eigenvalue weighted by Crippen LogP contribution is -2.37. The largest absolute Gasteiger partial charge is 0.381 e. The Balaban J connectivity index is 1.32. The Labute approximate surface area is 185 Å². The van der Waals surface area contributed by atoms with E-state index in [4.69, 9.17) is 4.74 Å². The quantitative estimate of drug-likeness (QED) is 0.501. The van der Waals surface area contributed by atoms with Crippen LogP contribution >= 0.6 is 0 Å². The summed E-state index contributed by atoms with van der Waals surface area (Å²) in [4.78, 5) is 23.9. The number of anilines is 2. The molecule has 0 spiro atoms. The molecule has 1 aliphatic rings. The first kappa shape index (κ1) is 20.1. The highest BCUT2D eigenvalue weighted by atomic mass is 16.5. The van der Waals surface area contributed by atoms with E-state index >= 15 is 0 Å². The molecule has 1 fully saturated rings. The van der Waals surface area contributed by atoms with Crippen molar-refractivity contribution in [1.29, 1.82) is 0 Å². The molecule has 1 saturated heterocycles. The van der Waals surface area contributed by atoms with Crippen LogP contribution in [-0.2, 0) is 4.74 Å². The van der Waals surface area contributed by atoms with Crippen molar-refractivity contribution in [3.8, 4) is 11.1 Å². The Kier molecular flexibility index (Phi) is 5.51. The third kappa shape index (κ3) is 4.04. The number of aromatic amines is 1. The number of piperidine rings is 1. The van der Waals surface area contributed by atoms with Gasteiger partial charge in [-0.15, -0.1) is 0 Å². The SMILES string of the molecule is COC1CCN(c2ccc(NC(=O)c3n[nH]c4ccc(-c5cccnc5)cc34)cn2)CC1. The molecule has 32 heavy (non-hydrogen) atoms. The van der Waals surface area contributed by atoms with Crippen molar-refractivity contribution < 1.29 is 9.53 Å². The molecular formula is C24H24N6O2. The van der Waals surface area contributed by atoms with Crippen molar-refractivity contribution >= 4 is 28.3 Å². The van der Waals surface area contributed by atoms with Crippen molar-refractivity contribution in [2.45, 2.75) is 18.9 Å². The molecule has 1 aliphatic heterocycles. The first-order valence-electron chi connectivity index (χ1n) is 10.6. The fourth-order valence-corrected chi connectivity index (χ4v) is 4.06. The van der Waals surface area contributed by atoms with Crippen LogP contribution in [0.4, 0.5) is 11.5 Å². The second kappa shape index (κ2) is 8.76. The van der Waals surface area contributed by atoms with Crippen LogP contribution in [-0.4, -0.2) is 52.4 Å². The number of fused-ring (bicyclic) bond motifs is 1. The number of aromatic nitrogens is 4. The van der Waals surface area contributed by atoms with Crippen LogP contribution in [0.3, 0.4) is 0 Å². The molecular weight excluding hydrogens is 404 g/mol. The molecule has 0 radical (unpaired) electrons. The van der Waals surface area contributed by atoms with Gasteiger partial charge in [0.1, 0.15) is 5.82 Å². The van der Waals surface area contributed by atoms with E-state index in [2.05, 4.69) is 30.4 Å². The monoisotopic (exact) mass is 428 g/mol. The number of carbonyl (C=O) groups is 1. The van der Waals surface area contributed by atoms with Crippen LogP contribution in [0.25, 0.3) is 22.0 Å². The zero-order valence-electron chi connectivity index (χ0n) is 17.8. The first-order valence-corrected chi connectivity index (χ1v) is 10.6. The van der Waals surface area contributed by atoms with E-state index in [9.17, 15) is 4.79 Å². The minimum absolute atomic E-state index is 0.282. The highest BCUT2D eigenvalue weighted by Crippen LogP contribution is 2.26. The number of nitrogens with one attached hydrogen (secondary N) is 2. The van der Waals surface area contributed by atoms with Crippen molar-refractivity contribution in [2.75, 3.05) is 30.4 Å². The number of hydrogen-bond acceptors (Lipinski definition) is 6. The lowest BCUT2D eigenvalue weighted by molar-refractivity contribution is 0.0818. The van der Waals surface area contributed by atoms with Crippen LogP contribution in [0, 0.1) is 0 Å². The maximum Gasteiger partial charge on any atom is 0.276 e. The highest BCUT2D eigenvalue weighted by molar-refractivity contribution is 6.11. The Bertz CT molecular complexity index is 1210. The number of methoxy groups -OCH3 is 1. The number of nitrogens with zero attached hydrogens (tertiary/aromatic N) is 4. The molecule has 5 rings (SSSR count). The van der Waals surface area contributed by atoms with Gasteiger partial charge in [-0.3, -0.25) is 14.9 Å². The summed E-state index contributed by atoms with van der Waals surface area (Å²) < 4.78 is 5.43. The first-order chi connectivity index (χ1) is 15.7. The van der Waals surface area contributed by atoms with Crippen LogP contribution in [0.5, 0.6) is 0 Å². The Hall–Kier alpha value is -3.78. The number of amides is 1. The summed E-state index contributed by atoms with van der Waals surface area (Å²) in [5.74, 6) is 0.624. The molecule has 2 N–H and O–H groups in total. The summed E-state index contributed by atoms with van der Waals surface area (Å²) >= 11 is 0. The van der Waals surface area contributed by atoms with Gasteiger partial charge in [-0.05, 0) is 48.7 Å². The van der Waals surface area contributed by atoms with Crippen molar-refractivity contribution in [2.24, 2.45) is 0 Å². The van der Waals surface area contributed by atoms with Crippen LogP contribution in [0.15, 0.2) is 61.1 Å². The lowest BCUT2D eigenvalue weighted by atomic mass is 10.0. The molecule has 1 aromatic carbocycles. The van der Waals surface area contributed by atoms with Crippen molar-refractivity contribution in [3.63, 3.8) is 0 Å². The molecule has 4 aromatic rings. The summed E-state index contributed by atoms with van der Waals surface area (Å²) in [6, 6.07) is 13.5. The predicted octanol–water partition coefficient (Wildman–Crippen LogP) is 3.89. The van der Waals surface area contributed by atoms with E-state index in [0.717, 1.165) is 53.8 Å². The average molecular weight is 428 g/mol. The summed E-state index contributed by atoms with van der Waals surface area (Å²) in [5, 5.41) is 10.8.